The van der Waals surface area contributed by atoms with Gasteiger partial charge in [0, 0.05) is 79.6 Å². The molecule has 109 heavy (non-hydrogen) atoms. The number of hydrogen-bond donors (Lipinski definition) is 6. The number of aliphatic hydroxyl groups is 1. The van der Waals surface area contributed by atoms with Gasteiger partial charge in [-0.1, -0.05) is 85.8 Å². The molecule has 6 heterocycles. The van der Waals surface area contributed by atoms with Crippen molar-refractivity contribution < 1.29 is 76.7 Å². The number of fused-ring (bicyclic) bond motifs is 9. The highest BCUT2D eigenvalue weighted by atomic mass is 16.6. The second-order valence-electron chi connectivity index (χ2n) is 28.5. The number of rotatable bonds is 26. The molecule has 1 aromatic heterocycles. The van der Waals surface area contributed by atoms with E-state index in [1.165, 1.54) is 33.3 Å². The van der Waals surface area contributed by atoms with Crippen molar-refractivity contribution in [1.82, 2.24) is 46.1 Å². The molecule has 1 saturated heterocycles. The molecule has 29 nitrogen and oxygen atoms in total. The summed E-state index contributed by atoms with van der Waals surface area (Å²) in [5.41, 5.74) is 8.17. The second-order valence-corrected chi connectivity index (χ2v) is 28.5. The van der Waals surface area contributed by atoms with Crippen molar-refractivity contribution >= 4 is 87.9 Å². The molecule has 6 aromatic carbocycles. The quantitative estimate of drug-likeness (QED) is 0.0276. The van der Waals surface area contributed by atoms with Gasteiger partial charge >= 0.3 is 6.09 Å². The Morgan fingerprint density at radius 2 is 1.36 bits per heavy atom. The van der Waals surface area contributed by atoms with E-state index in [1.807, 2.05) is 97.5 Å². The zero-order chi connectivity index (χ0) is 76.9. The Balaban J connectivity index is 0.569. The van der Waals surface area contributed by atoms with Crippen LogP contribution in [0.2, 0.25) is 0 Å². The van der Waals surface area contributed by atoms with E-state index in [4.69, 9.17) is 33.4 Å². The average molecular weight is 1490 g/mol. The van der Waals surface area contributed by atoms with Gasteiger partial charge in [0.05, 0.1) is 100 Å². The first-order chi connectivity index (χ1) is 52.5. The van der Waals surface area contributed by atoms with Crippen LogP contribution >= 0.6 is 0 Å². The van der Waals surface area contributed by atoms with Crippen LogP contribution in [0.3, 0.4) is 0 Å². The van der Waals surface area contributed by atoms with E-state index in [0.29, 0.717) is 71.2 Å². The molecular weight excluding hydrogens is 1400 g/mol. The Morgan fingerprint density at radius 3 is 2.06 bits per heavy atom. The molecule has 1 aliphatic carbocycles. The number of carbonyl (C=O) groups is 9. The van der Waals surface area contributed by atoms with Crippen molar-refractivity contribution in [1.29, 1.82) is 0 Å². The van der Waals surface area contributed by atoms with E-state index >= 15 is 0 Å². The topological polar surface area (TPSA) is 345 Å². The minimum atomic E-state index is -1.51. The summed E-state index contributed by atoms with van der Waals surface area (Å²) in [6.07, 6.45) is 3.92. The van der Waals surface area contributed by atoms with Crippen LogP contribution in [0.4, 0.5) is 27.5 Å². The highest BCUT2D eigenvalue weighted by Gasteiger charge is 2.58. The Kier molecular flexibility index (Phi) is 22.1. The maximum Gasteiger partial charge on any atom is 0.416 e. The predicted octanol–water partition coefficient (Wildman–Crippen LogP) is 8.65. The molecule has 5 atom stereocenters. The van der Waals surface area contributed by atoms with Gasteiger partial charge < -0.3 is 74.8 Å². The molecule has 13 rings (SSSR count). The van der Waals surface area contributed by atoms with E-state index in [2.05, 4.69) is 36.9 Å². The van der Waals surface area contributed by atoms with E-state index in [9.17, 15) is 48.3 Å². The maximum absolute atomic E-state index is 14.5. The van der Waals surface area contributed by atoms with Crippen LogP contribution in [0, 0.1) is 11.3 Å². The molecule has 7 aromatic rings. The SMILES string of the molecule is COc1ccc(C2=CN3C(=O)c4cc(OC)c(OCCCOc5cc6c(cc5OC)C(=O)N5CC7(CC7)C[C@H]5C(O)N6C(=O)OCc5ccc(NC(=O)[C@H](C)NC(=O)[C@@H](NC(=O)CNC(=O)CNC(=O)CCC(=O)N6Cc7ccccc7-c7c(nnn7C(C)C)-c7ccccc76)C(C)C)cc5)cc4N=C[C@@H]3C2)cc1. The van der Waals surface area contributed by atoms with Gasteiger partial charge in [-0.05, 0) is 116 Å². The summed E-state index contributed by atoms with van der Waals surface area (Å²) in [4.78, 5) is 134. The van der Waals surface area contributed by atoms with Gasteiger partial charge in [-0.2, -0.15) is 0 Å². The number of carbonyl (C=O) groups excluding carboxylic acids is 9. The van der Waals surface area contributed by atoms with Crippen molar-refractivity contribution in [3.63, 3.8) is 0 Å². The predicted molar refractivity (Wildman–Crippen MR) is 402 cm³/mol. The number of aliphatic hydroxyl groups excluding tert-OH is 1. The Labute approximate surface area is 629 Å². The fourth-order valence-corrected chi connectivity index (χ4v) is 14.3. The summed E-state index contributed by atoms with van der Waals surface area (Å²) in [7, 11) is 4.53. The summed E-state index contributed by atoms with van der Waals surface area (Å²) in [5.74, 6) is -2.80. The minimum absolute atomic E-state index is 0.0181. The number of hydrogen-bond acceptors (Lipinski definition) is 19. The monoisotopic (exact) mass is 1490 g/mol. The van der Waals surface area contributed by atoms with Gasteiger partial charge in [-0.3, -0.25) is 43.3 Å². The third-order valence-electron chi connectivity index (χ3n) is 20.4. The van der Waals surface area contributed by atoms with Gasteiger partial charge in [0.25, 0.3) is 11.8 Å². The number of nitrogens with one attached hydrogen (secondary N) is 5. The summed E-state index contributed by atoms with van der Waals surface area (Å²) in [5, 5.41) is 34.2. The Bertz CT molecular complexity index is 4760. The first-order valence-electron chi connectivity index (χ1n) is 36.4. The molecule has 0 bridgehead atoms. The first-order valence-corrected chi connectivity index (χ1v) is 36.4. The van der Waals surface area contributed by atoms with Gasteiger partial charge in [0.15, 0.2) is 29.2 Å². The van der Waals surface area contributed by atoms with Crippen LogP contribution < -0.4 is 60.1 Å². The van der Waals surface area contributed by atoms with Gasteiger partial charge in [0.1, 0.15) is 30.1 Å². The maximum atomic E-state index is 14.5. The van der Waals surface area contributed by atoms with Crippen molar-refractivity contribution in [2.75, 3.05) is 69.3 Å². The molecule has 1 spiro atoms. The number of amides is 9. The van der Waals surface area contributed by atoms with Gasteiger partial charge in [0.2, 0.25) is 35.4 Å². The fourth-order valence-electron chi connectivity index (χ4n) is 14.3. The lowest BCUT2D eigenvalue weighted by molar-refractivity contribution is -0.132. The number of nitrogens with zero attached hydrogens (tertiary/aromatic N) is 8. The third kappa shape index (κ3) is 16.1. The molecule has 6 N–H and O–H groups in total. The first kappa shape index (κ1) is 75.1. The minimum Gasteiger partial charge on any atom is -0.497 e. The molecule has 6 aliphatic rings. The van der Waals surface area contributed by atoms with Crippen molar-refractivity contribution in [3.05, 3.63) is 155 Å². The number of para-hydroxylation sites is 1. The summed E-state index contributed by atoms with van der Waals surface area (Å²) < 4.78 is 37.0. The molecule has 9 amide bonds. The summed E-state index contributed by atoms with van der Waals surface area (Å²) >= 11 is 0. The molecule has 1 unspecified atom stereocenters. The number of ether oxygens (including phenoxy) is 6. The van der Waals surface area contributed by atoms with Crippen molar-refractivity contribution in [2.45, 2.75) is 129 Å². The largest absolute Gasteiger partial charge is 0.497 e. The number of benzene rings is 6. The van der Waals surface area contributed by atoms with Crippen LogP contribution in [0.1, 0.15) is 123 Å². The Morgan fingerprint density at radius 1 is 0.679 bits per heavy atom. The van der Waals surface area contributed by atoms with Gasteiger partial charge in [-0.15, -0.1) is 5.10 Å². The van der Waals surface area contributed by atoms with E-state index in [1.54, 1.807) is 78.3 Å². The third-order valence-corrected chi connectivity index (χ3v) is 20.4. The zero-order valence-corrected chi connectivity index (χ0v) is 61.8. The molecule has 2 fully saturated rings. The lowest BCUT2D eigenvalue weighted by atomic mass is 9.95. The molecule has 0 radical (unpaired) electrons. The highest BCUT2D eigenvalue weighted by molar-refractivity contribution is 6.08. The lowest BCUT2D eigenvalue weighted by Gasteiger charge is -2.31. The summed E-state index contributed by atoms with van der Waals surface area (Å²) in [6.45, 7) is 8.45. The average Bonchev–Trinajstić information content (AvgIpc) is 1.82. The molecular formula is C80H87N13O16. The standard InChI is InChI=1S/C80H87N13O16/c1-45(2)71(86-69(96)40-83-68(95)39-82-67(94)26-27-70(97)90-41-50-14-9-10-15-55(50)73-72(87-88-93(73)46(3)4)56-16-11-12-17-60(56)90)75(99)84-47(5)74(98)85-52-22-18-48(19-23-52)43-109-79(103)92-61-36-66(64(106-8)34-58(61)77(101)91-44-80(28-29-80)37-62(91)78(92)102)108-31-13-30-107-65-35-59-57(33-63(65)105-7)76(100)89-42-51(32-53(89)38-81-59)49-20-24-54(104-6)25-21-49/h9-12,14-25,33-36,38,42,45-47,53,62,71,78,102H,13,26-32,37,39-41,43-44H2,1-8H3,(H,82,94)(H,83,95)(H,84,99)(H,85,98)(H,86,96)/t47-,53-,62-,71-,78?/m0/s1. The molecule has 568 valence electrons. The number of aromatic nitrogens is 3. The van der Waals surface area contributed by atoms with Crippen LogP contribution in [0.15, 0.2) is 133 Å². The van der Waals surface area contributed by atoms with E-state index < -0.39 is 79.0 Å². The van der Waals surface area contributed by atoms with Crippen molar-refractivity contribution in [3.8, 4) is 51.3 Å². The number of anilines is 3. The van der Waals surface area contributed by atoms with Gasteiger partial charge in [-0.25, -0.2) is 14.4 Å². The fraction of sp³-hybridized carbons (Fsp3) is 0.375. The normalized spacial score (nSPS) is 17.4. The van der Waals surface area contributed by atoms with Crippen LogP contribution in [-0.2, 0) is 46.7 Å². The van der Waals surface area contributed by atoms with E-state index in [-0.39, 0.29) is 97.2 Å². The Hall–Kier alpha value is -12.1. The molecule has 1 saturated carbocycles. The number of aliphatic imine (C=N–C) groups is 1. The molecule has 5 aliphatic heterocycles. The van der Waals surface area contributed by atoms with Crippen molar-refractivity contribution in [2.24, 2.45) is 16.3 Å². The highest BCUT2D eigenvalue weighted by Crippen LogP contribution is 2.57. The molecule has 29 heteroatoms. The van der Waals surface area contributed by atoms with E-state index in [0.717, 1.165) is 57.0 Å². The second kappa shape index (κ2) is 32.1. The lowest BCUT2D eigenvalue weighted by Crippen LogP contribution is -2.55. The number of methoxy groups -OCH3 is 3. The van der Waals surface area contributed by atoms with Crippen LogP contribution in [-0.4, -0.2) is 174 Å². The summed E-state index contributed by atoms with van der Waals surface area (Å²) in [6, 6.07) is 32.3. The zero-order valence-electron chi connectivity index (χ0n) is 61.8. The smallest absolute Gasteiger partial charge is 0.416 e. The van der Waals surface area contributed by atoms with Crippen LogP contribution in [0.5, 0.6) is 28.7 Å². The van der Waals surface area contributed by atoms with Crippen LogP contribution in [0.25, 0.3) is 28.1 Å².